The van der Waals surface area contributed by atoms with Crippen LogP contribution in [0.15, 0.2) is 30.5 Å². The molecule has 0 saturated heterocycles. The highest BCUT2D eigenvalue weighted by Crippen LogP contribution is 2.31. The van der Waals surface area contributed by atoms with Gasteiger partial charge in [0.05, 0.1) is 12.8 Å². The fraction of sp³-hybridized carbons (Fsp3) is 0.438. The number of hydrogen-bond acceptors (Lipinski definition) is 3. The summed E-state index contributed by atoms with van der Waals surface area (Å²) in [5.41, 5.74) is 3.79. The van der Waals surface area contributed by atoms with Crippen molar-refractivity contribution in [2.45, 2.75) is 32.2 Å². The third-order valence-electron chi connectivity index (χ3n) is 3.91. The molecule has 0 amide bonds. The summed E-state index contributed by atoms with van der Waals surface area (Å²) in [7, 11) is 0. The van der Waals surface area contributed by atoms with Gasteiger partial charge in [0.15, 0.2) is 0 Å². The van der Waals surface area contributed by atoms with Gasteiger partial charge in [-0.3, -0.25) is 5.10 Å². The zero-order valence-electron chi connectivity index (χ0n) is 11.9. The third kappa shape index (κ3) is 2.85. The van der Waals surface area contributed by atoms with E-state index < -0.39 is 0 Å². The molecule has 2 N–H and O–H groups in total. The van der Waals surface area contributed by atoms with E-state index in [1.54, 1.807) is 0 Å². The van der Waals surface area contributed by atoms with Gasteiger partial charge in [-0.1, -0.05) is 18.2 Å². The molecule has 4 nitrogen and oxygen atoms in total. The van der Waals surface area contributed by atoms with Crippen molar-refractivity contribution in [3.05, 3.63) is 47.3 Å². The van der Waals surface area contributed by atoms with Crippen LogP contribution in [0.4, 0.5) is 0 Å². The fourth-order valence-corrected chi connectivity index (χ4v) is 2.74. The molecular weight excluding hydrogens is 250 g/mol. The summed E-state index contributed by atoms with van der Waals surface area (Å²) < 4.78 is 5.68. The molecule has 0 saturated carbocycles. The van der Waals surface area contributed by atoms with E-state index in [9.17, 15) is 0 Å². The minimum Gasteiger partial charge on any atom is -0.493 e. The van der Waals surface area contributed by atoms with Crippen molar-refractivity contribution in [1.29, 1.82) is 0 Å². The second-order valence-electron chi connectivity index (χ2n) is 5.31. The van der Waals surface area contributed by atoms with Crippen LogP contribution in [-0.4, -0.2) is 23.3 Å². The van der Waals surface area contributed by atoms with E-state index in [1.165, 1.54) is 16.8 Å². The average Bonchev–Trinajstić information content (AvgIpc) is 2.89. The van der Waals surface area contributed by atoms with Crippen LogP contribution in [0.1, 0.15) is 35.7 Å². The van der Waals surface area contributed by atoms with Crippen LogP contribution in [0.3, 0.4) is 0 Å². The number of para-hydroxylation sites is 1. The van der Waals surface area contributed by atoms with E-state index in [-0.39, 0.29) is 0 Å². The van der Waals surface area contributed by atoms with Crippen LogP contribution in [0.5, 0.6) is 5.75 Å². The lowest BCUT2D eigenvalue weighted by Gasteiger charge is -2.26. The number of rotatable bonds is 5. The Morgan fingerprint density at radius 3 is 3.15 bits per heavy atom. The first kappa shape index (κ1) is 13.2. The predicted octanol–water partition coefficient (Wildman–Crippen LogP) is 2.76. The maximum absolute atomic E-state index is 5.68. The summed E-state index contributed by atoms with van der Waals surface area (Å²) in [5.74, 6) is 1.03. The summed E-state index contributed by atoms with van der Waals surface area (Å²) in [6, 6.07) is 8.75. The molecule has 2 aromatic rings. The van der Waals surface area contributed by atoms with E-state index in [1.807, 2.05) is 12.3 Å². The van der Waals surface area contributed by atoms with Gasteiger partial charge in [0.1, 0.15) is 5.75 Å². The number of hydrogen-bond donors (Lipinski definition) is 2. The molecule has 0 bridgehead atoms. The third-order valence-corrected chi connectivity index (χ3v) is 3.91. The molecule has 1 aromatic heterocycles. The maximum Gasteiger partial charge on any atom is 0.124 e. The minimum atomic E-state index is 0.422. The van der Waals surface area contributed by atoms with Crippen molar-refractivity contribution in [2.24, 2.45) is 0 Å². The zero-order valence-corrected chi connectivity index (χ0v) is 11.9. The van der Waals surface area contributed by atoms with E-state index in [2.05, 4.69) is 40.6 Å². The van der Waals surface area contributed by atoms with E-state index >= 15 is 0 Å². The Morgan fingerprint density at radius 1 is 1.40 bits per heavy atom. The van der Waals surface area contributed by atoms with Crippen molar-refractivity contribution >= 4 is 0 Å². The molecule has 0 fully saturated rings. The molecule has 4 heteroatoms. The SMILES string of the molecule is Cc1[nH]ncc1CCCNC1CCOc2ccccc21. The topological polar surface area (TPSA) is 49.9 Å². The molecule has 2 heterocycles. The molecule has 0 spiro atoms. The largest absolute Gasteiger partial charge is 0.493 e. The Bertz CT molecular complexity index is 564. The Morgan fingerprint density at radius 2 is 2.30 bits per heavy atom. The molecule has 1 aliphatic heterocycles. The van der Waals surface area contributed by atoms with Gasteiger partial charge < -0.3 is 10.1 Å². The lowest BCUT2D eigenvalue weighted by molar-refractivity contribution is 0.252. The smallest absolute Gasteiger partial charge is 0.124 e. The van der Waals surface area contributed by atoms with Crippen molar-refractivity contribution in [1.82, 2.24) is 15.5 Å². The Kier molecular flexibility index (Phi) is 4.02. The first-order chi connectivity index (χ1) is 9.84. The minimum absolute atomic E-state index is 0.422. The fourth-order valence-electron chi connectivity index (χ4n) is 2.74. The van der Waals surface area contributed by atoms with Crippen LogP contribution in [-0.2, 0) is 6.42 Å². The van der Waals surface area contributed by atoms with Crippen LogP contribution < -0.4 is 10.1 Å². The molecule has 1 aliphatic rings. The van der Waals surface area contributed by atoms with E-state index in [0.717, 1.165) is 38.2 Å². The van der Waals surface area contributed by atoms with Crippen molar-refractivity contribution in [2.75, 3.05) is 13.2 Å². The summed E-state index contributed by atoms with van der Waals surface area (Å²) in [4.78, 5) is 0. The standard InChI is InChI=1S/C16H21N3O/c1-12-13(11-18-19-12)5-4-9-17-15-8-10-20-16-7-3-2-6-14(15)16/h2-3,6-7,11,15,17H,4-5,8-10H2,1H3,(H,18,19). The van der Waals surface area contributed by atoms with Gasteiger partial charge in [0.25, 0.3) is 0 Å². The number of nitrogens with one attached hydrogen (secondary N) is 2. The maximum atomic E-state index is 5.68. The molecule has 0 radical (unpaired) electrons. The Labute approximate surface area is 119 Å². The van der Waals surface area contributed by atoms with Crippen LogP contribution >= 0.6 is 0 Å². The predicted molar refractivity (Wildman–Crippen MR) is 78.9 cm³/mol. The van der Waals surface area contributed by atoms with Gasteiger partial charge in [-0.15, -0.1) is 0 Å². The molecule has 1 atom stereocenters. The van der Waals surface area contributed by atoms with Gasteiger partial charge >= 0.3 is 0 Å². The second kappa shape index (κ2) is 6.09. The van der Waals surface area contributed by atoms with Gasteiger partial charge in [0.2, 0.25) is 0 Å². The number of aromatic nitrogens is 2. The first-order valence-electron chi connectivity index (χ1n) is 7.28. The molecule has 0 aliphatic carbocycles. The van der Waals surface area contributed by atoms with E-state index in [4.69, 9.17) is 4.74 Å². The quantitative estimate of drug-likeness (QED) is 0.822. The van der Waals surface area contributed by atoms with Crippen LogP contribution in [0.25, 0.3) is 0 Å². The van der Waals surface area contributed by atoms with Crippen molar-refractivity contribution < 1.29 is 4.74 Å². The van der Waals surface area contributed by atoms with Gasteiger partial charge in [0, 0.05) is 23.7 Å². The highest BCUT2D eigenvalue weighted by molar-refractivity contribution is 5.37. The molecule has 3 rings (SSSR count). The number of benzene rings is 1. The number of ether oxygens (including phenoxy) is 1. The summed E-state index contributed by atoms with van der Waals surface area (Å²) in [6.45, 7) is 3.89. The van der Waals surface area contributed by atoms with Crippen molar-refractivity contribution in [3.8, 4) is 5.75 Å². The summed E-state index contributed by atoms with van der Waals surface area (Å²) in [6.07, 6.45) is 5.17. The van der Waals surface area contributed by atoms with Crippen LogP contribution in [0.2, 0.25) is 0 Å². The molecule has 1 unspecified atom stereocenters. The zero-order chi connectivity index (χ0) is 13.8. The molecule has 20 heavy (non-hydrogen) atoms. The Hall–Kier alpha value is -1.81. The van der Waals surface area contributed by atoms with Gasteiger partial charge in [-0.05, 0) is 37.9 Å². The van der Waals surface area contributed by atoms with Gasteiger partial charge in [-0.2, -0.15) is 5.10 Å². The summed E-state index contributed by atoms with van der Waals surface area (Å²) in [5, 5.41) is 10.7. The first-order valence-corrected chi connectivity index (χ1v) is 7.28. The number of aromatic amines is 1. The highest BCUT2D eigenvalue weighted by Gasteiger charge is 2.19. The number of fused-ring (bicyclic) bond motifs is 1. The lowest BCUT2D eigenvalue weighted by atomic mass is 10.0. The highest BCUT2D eigenvalue weighted by atomic mass is 16.5. The lowest BCUT2D eigenvalue weighted by Crippen LogP contribution is -2.28. The van der Waals surface area contributed by atoms with Gasteiger partial charge in [-0.25, -0.2) is 0 Å². The number of nitrogens with zero attached hydrogens (tertiary/aromatic N) is 1. The van der Waals surface area contributed by atoms with E-state index in [0.29, 0.717) is 6.04 Å². The molecule has 1 aromatic carbocycles. The molecular formula is C16H21N3O. The number of H-pyrrole nitrogens is 1. The molecule has 106 valence electrons. The van der Waals surface area contributed by atoms with Crippen molar-refractivity contribution in [3.63, 3.8) is 0 Å². The summed E-state index contributed by atoms with van der Waals surface area (Å²) >= 11 is 0. The average molecular weight is 271 g/mol. The normalized spacial score (nSPS) is 17.6. The Balaban J connectivity index is 1.51. The van der Waals surface area contributed by atoms with Crippen LogP contribution in [0, 0.1) is 6.92 Å². The number of aryl methyl sites for hydroxylation is 2. The monoisotopic (exact) mass is 271 g/mol. The second-order valence-corrected chi connectivity index (χ2v) is 5.31.